The summed E-state index contributed by atoms with van der Waals surface area (Å²) >= 11 is 1.29. The van der Waals surface area contributed by atoms with Gasteiger partial charge in [-0.05, 0) is 74.9 Å². The Labute approximate surface area is 192 Å². The molecule has 4 rings (SSSR count). The number of nitrogens with zero attached hydrogens (tertiary/aromatic N) is 2. The van der Waals surface area contributed by atoms with E-state index in [0.717, 1.165) is 18.5 Å². The molecule has 6 nitrogen and oxygen atoms in total. The third-order valence-electron chi connectivity index (χ3n) is 5.52. The van der Waals surface area contributed by atoms with Crippen molar-refractivity contribution >= 4 is 34.3 Å². The predicted molar refractivity (Wildman–Crippen MR) is 130 cm³/mol. The van der Waals surface area contributed by atoms with Crippen LogP contribution in [0.25, 0.3) is 10.9 Å². The number of carbonyl (C=O) groups excluding carboxylic acids is 1. The van der Waals surface area contributed by atoms with Crippen molar-refractivity contribution in [1.29, 1.82) is 0 Å². The largest absolute Gasteiger partial charge is 0.379 e. The molecule has 0 saturated carbocycles. The zero-order valence-electron chi connectivity index (χ0n) is 18.6. The van der Waals surface area contributed by atoms with E-state index in [0.29, 0.717) is 35.6 Å². The molecule has 168 valence electrons. The Hall–Kier alpha value is -2.64. The molecule has 0 bridgehead atoms. The van der Waals surface area contributed by atoms with E-state index in [9.17, 15) is 9.59 Å². The first-order chi connectivity index (χ1) is 15.5. The van der Waals surface area contributed by atoms with Crippen LogP contribution in [-0.2, 0) is 28.9 Å². The minimum absolute atomic E-state index is 0.0818. The second kappa shape index (κ2) is 10.3. The Morgan fingerprint density at radius 3 is 2.84 bits per heavy atom. The van der Waals surface area contributed by atoms with Crippen molar-refractivity contribution in [3.8, 4) is 0 Å². The number of hydrogen-bond donors (Lipinski definition) is 1. The van der Waals surface area contributed by atoms with Crippen LogP contribution in [0.3, 0.4) is 0 Å². The van der Waals surface area contributed by atoms with Gasteiger partial charge in [-0.2, -0.15) is 0 Å². The number of aryl methyl sites for hydroxylation is 2. The van der Waals surface area contributed by atoms with Crippen LogP contribution in [-0.4, -0.2) is 33.9 Å². The molecule has 0 spiro atoms. The smallest absolute Gasteiger partial charge is 0.262 e. The second-order valence-electron chi connectivity index (χ2n) is 8.32. The Bertz CT molecular complexity index is 1170. The lowest BCUT2D eigenvalue weighted by atomic mass is 10.1. The van der Waals surface area contributed by atoms with Gasteiger partial charge in [-0.15, -0.1) is 0 Å². The fourth-order valence-corrected chi connectivity index (χ4v) is 4.80. The Morgan fingerprint density at radius 1 is 1.19 bits per heavy atom. The number of para-hydroxylation sites is 1. The lowest BCUT2D eigenvalue weighted by Gasteiger charge is -2.14. The van der Waals surface area contributed by atoms with Crippen LogP contribution < -0.4 is 10.9 Å². The second-order valence-corrected chi connectivity index (χ2v) is 9.26. The van der Waals surface area contributed by atoms with Crippen LogP contribution in [0.4, 0.5) is 5.69 Å². The van der Waals surface area contributed by atoms with Gasteiger partial charge in [0, 0.05) is 18.8 Å². The topological polar surface area (TPSA) is 73.2 Å². The van der Waals surface area contributed by atoms with E-state index in [2.05, 4.69) is 22.4 Å². The number of fused-ring (bicyclic) bond motifs is 2. The van der Waals surface area contributed by atoms with Crippen LogP contribution in [0.1, 0.15) is 37.8 Å². The molecule has 0 unspecified atom stereocenters. The SMILES string of the molecule is CC(C)OCCCn1c(SCC(=O)Nc2ccc3c(c2)CCC3)nc2ccccc2c1=O. The van der Waals surface area contributed by atoms with Crippen LogP contribution in [0.2, 0.25) is 0 Å². The highest BCUT2D eigenvalue weighted by Gasteiger charge is 2.15. The molecule has 1 aliphatic rings. The Kier molecular flexibility index (Phi) is 7.27. The molecule has 0 atom stereocenters. The molecular weight excluding hydrogens is 422 g/mol. The number of hydrogen-bond acceptors (Lipinski definition) is 5. The lowest BCUT2D eigenvalue weighted by molar-refractivity contribution is -0.113. The van der Waals surface area contributed by atoms with Crippen LogP contribution in [0.15, 0.2) is 52.4 Å². The predicted octanol–water partition coefficient (Wildman–Crippen LogP) is 4.43. The molecule has 0 radical (unpaired) electrons. The summed E-state index contributed by atoms with van der Waals surface area (Å²) in [6.07, 6.45) is 4.22. The summed E-state index contributed by atoms with van der Waals surface area (Å²) in [4.78, 5) is 30.4. The van der Waals surface area contributed by atoms with Crippen LogP contribution in [0, 0.1) is 0 Å². The van der Waals surface area contributed by atoms with Gasteiger partial charge < -0.3 is 10.1 Å². The van der Waals surface area contributed by atoms with E-state index in [1.54, 1.807) is 10.6 Å². The number of benzene rings is 2. The molecule has 7 heteroatoms. The van der Waals surface area contributed by atoms with Crippen molar-refractivity contribution in [2.75, 3.05) is 17.7 Å². The van der Waals surface area contributed by atoms with E-state index in [-0.39, 0.29) is 23.3 Å². The van der Waals surface area contributed by atoms with Crippen molar-refractivity contribution in [2.45, 2.75) is 57.3 Å². The number of carbonyl (C=O) groups is 1. The van der Waals surface area contributed by atoms with Gasteiger partial charge in [0.25, 0.3) is 5.56 Å². The third-order valence-corrected chi connectivity index (χ3v) is 6.49. The van der Waals surface area contributed by atoms with Crippen molar-refractivity contribution in [3.63, 3.8) is 0 Å². The van der Waals surface area contributed by atoms with Gasteiger partial charge in [0.15, 0.2) is 5.16 Å². The molecule has 32 heavy (non-hydrogen) atoms. The van der Waals surface area contributed by atoms with E-state index in [1.807, 2.05) is 38.1 Å². The summed E-state index contributed by atoms with van der Waals surface area (Å²) in [5.41, 5.74) is 4.09. The molecule has 0 fully saturated rings. The molecule has 1 aromatic heterocycles. The minimum atomic E-state index is -0.106. The first-order valence-electron chi connectivity index (χ1n) is 11.2. The molecule has 1 amide bonds. The number of thioether (sulfide) groups is 1. The zero-order valence-corrected chi connectivity index (χ0v) is 19.4. The molecule has 0 saturated heterocycles. The summed E-state index contributed by atoms with van der Waals surface area (Å²) < 4.78 is 7.29. The molecule has 0 aliphatic heterocycles. The highest BCUT2D eigenvalue weighted by Crippen LogP contribution is 2.25. The summed E-state index contributed by atoms with van der Waals surface area (Å²) in [5, 5.41) is 4.13. The number of amides is 1. The quantitative estimate of drug-likeness (QED) is 0.296. The summed E-state index contributed by atoms with van der Waals surface area (Å²) in [6, 6.07) is 13.5. The van der Waals surface area contributed by atoms with E-state index >= 15 is 0 Å². The molecule has 1 aliphatic carbocycles. The van der Waals surface area contributed by atoms with Gasteiger partial charge in [0.2, 0.25) is 5.91 Å². The van der Waals surface area contributed by atoms with Crippen LogP contribution in [0.5, 0.6) is 0 Å². The maximum Gasteiger partial charge on any atom is 0.262 e. The average Bonchev–Trinajstić information content (AvgIpc) is 3.24. The summed E-state index contributed by atoms with van der Waals surface area (Å²) in [7, 11) is 0. The molecule has 1 heterocycles. The molecule has 1 N–H and O–H groups in total. The van der Waals surface area contributed by atoms with Crippen molar-refractivity contribution in [2.24, 2.45) is 0 Å². The highest BCUT2D eigenvalue weighted by molar-refractivity contribution is 7.99. The van der Waals surface area contributed by atoms with Gasteiger partial charge >= 0.3 is 0 Å². The van der Waals surface area contributed by atoms with Gasteiger partial charge in [-0.3, -0.25) is 14.2 Å². The van der Waals surface area contributed by atoms with Gasteiger partial charge in [0.05, 0.1) is 22.8 Å². The third kappa shape index (κ3) is 5.40. The van der Waals surface area contributed by atoms with E-state index in [1.165, 1.54) is 29.3 Å². The number of rotatable bonds is 9. The number of ether oxygens (including phenoxy) is 1. The van der Waals surface area contributed by atoms with Gasteiger partial charge in [-0.25, -0.2) is 4.98 Å². The Morgan fingerprint density at radius 2 is 2.00 bits per heavy atom. The fraction of sp³-hybridized carbons (Fsp3) is 0.400. The first kappa shape index (κ1) is 22.6. The van der Waals surface area contributed by atoms with E-state index < -0.39 is 0 Å². The summed E-state index contributed by atoms with van der Waals surface area (Å²) in [6.45, 7) is 5.05. The number of nitrogens with one attached hydrogen (secondary N) is 1. The average molecular weight is 452 g/mol. The highest BCUT2D eigenvalue weighted by atomic mass is 32.2. The molecular formula is C25H29N3O3S. The number of anilines is 1. The van der Waals surface area contributed by atoms with Crippen molar-refractivity contribution in [1.82, 2.24) is 9.55 Å². The zero-order chi connectivity index (χ0) is 22.5. The van der Waals surface area contributed by atoms with Crippen LogP contribution >= 0.6 is 11.8 Å². The minimum Gasteiger partial charge on any atom is -0.379 e. The molecule has 3 aromatic rings. The van der Waals surface area contributed by atoms with E-state index in [4.69, 9.17) is 4.74 Å². The van der Waals surface area contributed by atoms with Gasteiger partial charge in [-0.1, -0.05) is 30.0 Å². The first-order valence-corrected chi connectivity index (χ1v) is 12.2. The maximum absolute atomic E-state index is 13.1. The standard InChI is InChI=1S/C25H29N3O3S/c1-17(2)31-14-6-13-28-24(30)21-9-3-4-10-22(21)27-25(28)32-16-23(29)26-20-12-11-18-7-5-8-19(18)15-20/h3-4,9-12,15,17H,5-8,13-14,16H2,1-2H3,(H,26,29). The fourth-order valence-electron chi connectivity index (χ4n) is 3.97. The normalized spacial score (nSPS) is 13.0. The van der Waals surface area contributed by atoms with Crippen molar-refractivity contribution in [3.05, 3.63) is 63.9 Å². The maximum atomic E-state index is 13.1. The monoisotopic (exact) mass is 451 g/mol. The Balaban J connectivity index is 1.47. The van der Waals surface area contributed by atoms with Gasteiger partial charge in [0.1, 0.15) is 0 Å². The lowest BCUT2D eigenvalue weighted by Crippen LogP contribution is -2.25. The number of aromatic nitrogens is 2. The summed E-state index contributed by atoms with van der Waals surface area (Å²) in [5.74, 6) is 0.0784. The van der Waals surface area contributed by atoms with Crippen molar-refractivity contribution < 1.29 is 9.53 Å². The molecule has 2 aromatic carbocycles.